The molecular formula is C14H20N2S2. The number of nitrogens with zero attached hydrogens (tertiary/aromatic N) is 1. The molecule has 98 valence electrons. The van der Waals surface area contributed by atoms with Crippen LogP contribution in [0.1, 0.15) is 35.5 Å². The zero-order chi connectivity index (χ0) is 13.0. The number of aryl methyl sites for hydroxylation is 1. The molecule has 0 aromatic carbocycles. The number of thiazole rings is 1. The first-order valence-corrected chi connectivity index (χ1v) is 8.10. The third kappa shape index (κ3) is 3.64. The fourth-order valence-corrected chi connectivity index (χ4v) is 3.63. The molecule has 2 rings (SSSR count). The molecule has 1 N–H and O–H groups in total. The van der Waals surface area contributed by atoms with Crippen LogP contribution in [0.5, 0.6) is 0 Å². The van der Waals surface area contributed by atoms with Crippen molar-refractivity contribution in [3.05, 3.63) is 38.5 Å². The van der Waals surface area contributed by atoms with Crippen LogP contribution >= 0.6 is 22.7 Å². The molecule has 0 saturated carbocycles. The molecule has 0 radical (unpaired) electrons. The highest BCUT2D eigenvalue weighted by molar-refractivity contribution is 7.10. The molecule has 2 nitrogen and oxygen atoms in total. The third-order valence-electron chi connectivity index (χ3n) is 2.93. The van der Waals surface area contributed by atoms with Gasteiger partial charge in [0.15, 0.2) is 0 Å². The van der Waals surface area contributed by atoms with E-state index < -0.39 is 0 Å². The molecule has 0 aliphatic carbocycles. The van der Waals surface area contributed by atoms with E-state index in [1.165, 1.54) is 10.6 Å². The Kier molecular flexibility index (Phi) is 4.92. The second-order valence-corrected chi connectivity index (χ2v) is 6.84. The Morgan fingerprint density at radius 3 is 2.72 bits per heavy atom. The van der Waals surface area contributed by atoms with E-state index in [1.54, 1.807) is 11.3 Å². The van der Waals surface area contributed by atoms with Gasteiger partial charge in [-0.05, 0) is 24.3 Å². The lowest BCUT2D eigenvalue weighted by molar-refractivity contribution is 0.420. The molecule has 1 atom stereocenters. The minimum Gasteiger partial charge on any atom is -0.309 e. The van der Waals surface area contributed by atoms with Crippen molar-refractivity contribution in [3.63, 3.8) is 0 Å². The normalized spacial score (nSPS) is 13.1. The molecule has 0 aliphatic rings. The van der Waals surface area contributed by atoms with Gasteiger partial charge in [-0.3, -0.25) is 0 Å². The largest absolute Gasteiger partial charge is 0.309 e. The molecule has 0 spiro atoms. The number of thiophene rings is 1. The van der Waals surface area contributed by atoms with Crippen molar-refractivity contribution in [3.8, 4) is 0 Å². The van der Waals surface area contributed by atoms with Crippen molar-refractivity contribution < 1.29 is 0 Å². The van der Waals surface area contributed by atoms with Crippen LogP contribution in [0.15, 0.2) is 22.9 Å². The van der Waals surface area contributed by atoms with E-state index in [1.807, 2.05) is 11.3 Å². The molecule has 1 unspecified atom stereocenters. The summed E-state index contributed by atoms with van der Waals surface area (Å²) in [6.07, 6.45) is 1.01. The monoisotopic (exact) mass is 280 g/mol. The van der Waals surface area contributed by atoms with Crippen LogP contribution in [0.25, 0.3) is 0 Å². The Balaban J connectivity index is 1.87. The summed E-state index contributed by atoms with van der Waals surface area (Å²) < 4.78 is 0. The van der Waals surface area contributed by atoms with Gasteiger partial charge in [0.25, 0.3) is 0 Å². The first-order chi connectivity index (χ1) is 8.66. The van der Waals surface area contributed by atoms with Gasteiger partial charge in [0, 0.05) is 29.3 Å². The fraction of sp³-hybridized carbons (Fsp3) is 0.500. The summed E-state index contributed by atoms with van der Waals surface area (Å²) in [6.45, 7) is 7.59. The molecule has 18 heavy (non-hydrogen) atoms. The number of rotatable bonds is 6. The summed E-state index contributed by atoms with van der Waals surface area (Å²) in [6, 6.07) is 4.81. The van der Waals surface area contributed by atoms with E-state index in [0.717, 1.165) is 18.0 Å². The summed E-state index contributed by atoms with van der Waals surface area (Å²) >= 11 is 3.56. The molecule has 2 aromatic heterocycles. The van der Waals surface area contributed by atoms with Gasteiger partial charge in [0.1, 0.15) is 0 Å². The van der Waals surface area contributed by atoms with Crippen molar-refractivity contribution in [2.75, 3.05) is 6.54 Å². The minimum absolute atomic E-state index is 0.463. The molecule has 2 aromatic rings. The Hall–Kier alpha value is -0.710. The summed E-state index contributed by atoms with van der Waals surface area (Å²) in [4.78, 5) is 5.93. The standard InChI is InChI=1S/C14H20N2S2/c1-10(2)14(13-5-4-8-17-13)15-7-6-12-9-18-11(3)16-12/h4-5,8-10,14-15H,6-7H2,1-3H3. The van der Waals surface area contributed by atoms with E-state index in [9.17, 15) is 0 Å². The molecule has 0 fully saturated rings. The Morgan fingerprint density at radius 1 is 1.33 bits per heavy atom. The maximum atomic E-state index is 4.50. The Morgan fingerprint density at radius 2 is 2.17 bits per heavy atom. The molecule has 0 saturated heterocycles. The maximum absolute atomic E-state index is 4.50. The number of aromatic nitrogens is 1. The highest BCUT2D eigenvalue weighted by Gasteiger charge is 2.15. The molecule has 0 bridgehead atoms. The van der Waals surface area contributed by atoms with E-state index in [2.05, 4.69) is 54.0 Å². The van der Waals surface area contributed by atoms with Crippen molar-refractivity contribution in [1.82, 2.24) is 10.3 Å². The van der Waals surface area contributed by atoms with Gasteiger partial charge in [0.05, 0.1) is 10.7 Å². The lowest BCUT2D eigenvalue weighted by atomic mass is 10.0. The quantitative estimate of drug-likeness (QED) is 0.863. The fourth-order valence-electron chi connectivity index (χ4n) is 2.01. The van der Waals surface area contributed by atoms with Gasteiger partial charge in [-0.2, -0.15) is 0 Å². The molecule has 0 aliphatic heterocycles. The smallest absolute Gasteiger partial charge is 0.0897 e. The van der Waals surface area contributed by atoms with Gasteiger partial charge >= 0.3 is 0 Å². The highest BCUT2D eigenvalue weighted by Crippen LogP contribution is 2.25. The minimum atomic E-state index is 0.463. The van der Waals surface area contributed by atoms with Crippen LogP contribution in [-0.4, -0.2) is 11.5 Å². The predicted molar refractivity (Wildman–Crippen MR) is 80.5 cm³/mol. The van der Waals surface area contributed by atoms with Crippen molar-refractivity contribution in [2.45, 2.75) is 33.2 Å². The van der Waals surface area contributed by atoms with Crippen LogP contribution in [0, 0.1) is 12.8 Å². The number of nitrogens with one attached hydrogen (secondary N) is 1. The van der Waals surface area contributed by atoms with E-state index in [0.29, 0.717) is 12.0 Å². The summed E-state index contributed by atoms with van der Waals surface area (Å²) in [5.41, 5.74) is 1.21. The number of hydrogen-bond donors (Lipinski definition) is 1. The number of hydrogen-bond acceptors (Lipinski definition) is 4. The maximum Gasteiger partial charge on any atom is 0.0897 e. The van der Waals surface area contributed by atoms with Gasteiger partial charge in [-0.15, -0.1) is 22.7 Å². The zero-order valence-electron chi connectivity index (χ0n) is 11.1. The SMILES string of the molecule is Cc1nc(CCNC(c2cccs2)C(C)C)cs1. The first kappa shape index (κ1) is 13.7. The summed E-state index contributed by atoms with van der Waals surface area (Å²) in [5.74, 6) is 0.612. The van der Waals surface area contributed by atoms with Crippen LogP contribution in [0.4, 0.5) is 0 Å². The average Bonchev–Trinajstić information content (AvgIpc) is 2.95. The van der Waals surface area contributed by atoms with Crippen LogP contribution in [0.3, 0.4) is 0 Å². The topological polar surface area (TPSA) is 24.9 Å². The van der Waals surface area contributed by atoms with E-state index in [4.69, 9.17) is 0 Å². The van der Waals surface area contributed by atoms with Crippen molar-refractivity contribution in [2.24, 2.45) is 5.92 Å². The van der Waals surface area contributed by atoms with Gasteiger partial charge in [-0.25, -0.2) is 4.98 Å². The third-order valence-corrected chi connectivity index (χ3v) is 4.71. The Labute approximate surface area is 117 Å². The average molecular weight is 280 g/mol. The lowest BCUT2D eigenvalue weighted by Gasteiger charge is -2.21. The Bertz CT molecular complexity index is 460. The lowest BCUT2D eigenvalue weighted by Crippen LogP contribution is -2.27. The second kappa shape index (κ2) is 6.45. The van der Waals surface area contributed by atoms with E-state index >= 15 is 0 Å². The summed E-state index contributed by atoms with van der Waals surface area (Å²) in [7, 11) is 0. The second-order valence-electron chi connectivity index (χ2n) is 4.80. The molecule has 4 heteroatoms. The van der Waals surface area contributed by atoms with Crippen LogP contribution in [-0.2, 0) is 6.42 Å². The highest BCUT2D eigenvalue weighted by atomic mass is 32.1. The van der Waals surface area contributed by atoms with Crippen molar-refractivity contribution >= 4 is 22.7 Å². The van der Waals surface area contributed by atoms with Crippen LogP contribution < -0.4 is 5.32 Å². The van der Waals surface area contributed by atoms with E-state index in [-0.39, 0.29) is 0 Å². The molecular weight excluding hydrogens is 260 g/mol. The van der Waals surface area contributed by atoms with Gasteiger partial charge in [0.2, 0.25) is 0 Å². The van der Waals surface area contributed by atoms with Crippen molar-refractivity contribution in [1.29, 1.82) is 0 Å². The molecule has 0 amide bonds. The first-order valence-electron chi connectivity index (χ1n) is 6.34. The molecule has 2 heterocycles. The predicted octanol–water partition coefficient (Wildman–Crippen LogP) is 4.04. The van der Waals surface area contributed by atoms with Gasteiger partial charge < -0.3 is 5.32 Å². The summed E-state index contributed by atoms with van der Waals surface area (Å²) in [5, 5.41) is 9.12. The zero-order valence-corrected chi connectivity index (χ0v) is 12.8. The van der Waals surface area contributed by atoms with Gasteiger partial charge in [-0.1, -0.05) is 19.9 Å². The van der Waals surface area contributed by atoms with Crippen LogP contribution in [0.2, 0.25) is 0 Å².